The van der Waals surface area contributed by atoms with Crippen molar-refractivity contribution in [1.29, 1.82) is 0 Å². The molecule has 0 bridgehead atoms. The molecule has 0 radical (unpaired) electrons. The van der Waals surface area contributed by atoms with Gasteiger partial charge in [0, 0.05) is 39.4 Å². The fourth-order valence-electron chi connectivity index (χ4n) is 1.98. The van der Waals surface area contributed by atoms with Crippen LogP contribution >= 0.6 is 0 Å². The van der Waals surface area contributed by atoms with Crippen LogP contribution in [0.25, 0.3) is 0 Å². The Kier molecular flexibility index (Phi) is 3.28. The summed E-state index contributed by atoms with van der Waals surface area (Å²) in [6.45, 7) is 3.83. The van der Waals surface area contributed by atoms with Crippen LogP contribution in [0.5, 0.6) is 0 Å². The van der Waals surface area contributed by atoms with E-state index in [-0.39, 0.29) is 6.10 Å². The third-order valence-electron chi connectivity index (χ3n) is 3.32. The Morgan fingerprint density at radius 1 is 1.75 bits per heavy atom. The molecule has 0 amide bonds. The first-order chi connectivity index (χ1) is 7.62. The minimum absolute atomic E-state index is 0.0912. The predicted octanol–water partition coefficient (Wildman–Crippen LogP) is 0.0496. The van der Waals surface area contributed by atoms with Crippen LogP contribution in [-0.2, 0) is 18.3 Å². The smallest absolute Gasteiger partial charge is 0.105 e. The highest BCUT2D eigenvalue weighted by Crippen LogP contribution is 2.24. The highest BCUT2D eigenvalue weighted by atomic mass is 16.5. The van der Waals surface area contributed by atoms with Gasteiger partial charge in [-0.05, 0) is 13.0 Å². The van der Waals surface area contributed by atoms with Crippen LogP contribution in [0.2, 0.25) is 0 Å². The normalized spacial score (nSPS) is 29.8. The number of aromatic nitrogens is 2. The summed E-state index contributed by atoms with van der Waals surface area (Å²) >= 11 is 0. The SMILES string of the molecule is CC1OCCC1(O)CNCc1ccnn1C. The van der Waals surface area contributed by atoms with Crippen molar-refractivity contribution >= 4 is 0 Å². The lowest BCUT2D eigenvalue weighted by Crippen LogP contribution is -2.45. The number of aliphatic hydroxyl groups is 1. The largest absolute Gasteiger partial charge is 0.386 e. The number of nitrogens with one attached hydrogen (secondary N) is 1. The summed E-state index contributed by atoms with van der Waals surface area (Å²) in [5, 5.41) is 17.6. The molecule has 1 saturated heterocycles. The Bertz CT molecular complexity index is 353. The van der Waals surface area contributed by atoms with E-state index in [0.717, 1.165) is 5.69 Å². The van der Waals surface area contributed by atoms with Gasteiger partial charge in [0.1, 0.15) is 5.60 Å². The quantitative estimate of drug-likeness (QED) is 0.760. The number of nitrogens with zero attached hydrogens (tertiary/aromatic N) is 2. The van der Waals surface area contributed by atoms with Crippen molar-refractivity contribution in [1.82, 2.24) is 15.1 Å². The van der Waals surface area contributed by atoms with E-state index >= 15 is 0 Å². The first-order valence-electron chi connectivity index (χ1n) is 5.63. The molecule has 1 aromatic heterocycles. The van der Waals surface area contributed by atoms with E-state index in [2.05, 4.69) is 10.4 Å². The van der Waals surface area contributed by atoms with E-state index in [1.807, 2.05) is 24.7 Å². The lowest BCUT2D eigenvalue weighted by molar-refractivity contribution is -0.0263. The molecule has 2 rings (SSSR count). The summed E-state index contributed by atoms with van der Waals surface area (Å²) < 4.78 is 7.20. The van der Waals surface area contributed by atoms with Gasteiger partial charge < -0.3 is 15.2 Å². The summed E-state index contributed by atoms with van der Waals surface area (Å²) in [5.74, 6) is 0. The molecule has 90 valence electrons. The Labute approximate surface area is 95.4 Å². The standard InChI is InChI=1S/C11H19N3O2/c1-9-11(15,4-6-16-9)8-12-7-10-3-5-13-14(10)2/h3,5,9,12,15H,4,6-8H2,1-2H3. The molecule has 16 heavy (non-hydrogen) atoms. The summed E-state index contributed by atoms with van der Waals surface area (Å²) in [6.07, 6.45) is 2.38. The van der Waals surface area contributed by atoms with Crippen molar-refractivity contribution < 1.29 is 9.84 Å². The van der Waals surface area contributed by atoms with Crippen LogP contribution in [0.4, 0.5) is 0 Å². The van der Waals surface area contributed by atoms with Crippen molar-refractivity contribution in [3.8, 4) is 0 Å². The van der Waals surface area contributed by atoms with Crippen LogP contribution < -0.4 is 5.32 Å². The average Bonchev–Trinajstić information content (AvgIpc) is 2.77. The lowest BCUT2D eigenvalue weighted by Gasteiger charge is -2.26. The van der Waals surface area contributed by atoms with Gasteiger partial charge >= 0.3 is 0 Å². The lowest BCUT2D eigenvalue weighted by atomic mass is 9.97. The summed E-state index contributed by atoms with van der Waals surface area (Å²) in [6, 6.07) is 1.96. The van der Waals surface area contributed by atoms with Crippen molar-refractivity contribution in [3.05, 3.63) is 18.0 Å². The van der Waals surface area contributed by atoms with Gasteiger partial charge in [-0.2, -0.15) is 5.10 Å². The Hall–Kier alpha value is -0.910. The zero-order chi connectivity index (χ0) is 11.6. The molecule has 1 aliphatic rings. The number of rotatable bonds is 4. The maximum absolute atomic E-state index is 10.2. The fourth-order valence-corrected chi connectivity index (χ4v) is 1.98. The van der Waals surface area contributed by atoms with Gasteiger partial charge in [0.2, 0.25) is 0 Å². The predicted molar refractivity (Wildman–Crippen MR) is 59.9 cm³/mol. The monoisotopic (exact) mass is 225 g/mol. The maximum atomic E-state index is 10.2. The van der Waals surface area contributed by atoms with E-state index in [0.29, 0.717) is 26.1 Å². The molecule has 5 nitrogen and oxygen atoms in total. The summed E-state index contributed by atoms with van der Waals surface area (Å²) in [4.78, 5) is 0. The second-order valence-corrected chi connectivity index (χ2v) is 4.42. The highest BCUT2D eigenvalue weighted by Gasteiger charge is 2.38. The van der Waals surface area contributed by atoms with Crippen LogP contribution in [-0.4, -0.2) is 39.7 Å². The molecule has 0 saturated carbocycles. The van der Waals surface area contributed by atoms with Crippen molar-refractivity contribution in [3.63, 3.8) is 0 Å². The third kappa shape index (κ3) is 2.26. The molecule has 5 heteroatoms. The van der Waals surface area contributed by atoms with Gasteiger partial charge in [-0.1, -0.05) is 0 Å². The van der Waals surface area contributed by atoms with Crippen molar-refractivity contribution in [2.75, 3.05) is 13.2 Å². The van der Waals surface area contributed by atoms with Gasteiger partial charge in [0.15, 0.2) is 0 Å². The molecular weight excluding hydrogens is 206 g/mol. The van der Waals surface area contributed by atoms with Gasteiger partial charge in [0.25, 0.3) is 0 Å². The van der Waals surface area contributed by atoms with Crippen LogP contribution in [0.3, 0.4) is 0 Å². The molecule has 0 aliphatic carbocycles. The second-order valence-electron chi connectivity index (χ2n) is 4.42. The molecule has 2 N–H and O–H groups in total. The molecule has 1 fully saturated rings. The molecular formula is C11H19N3O2. The first-order valence-corrected chi connectivity index (χ1v) is 5.63. The van der Waals surface area contributed by atoms with Crippen molar-refractivity contribution in [2.45, 2.75) is 31.6 Å². The maximum Gasteiger partial charge on any atom is 0.105 e. The zero-order valence-electron chi connectivity index (χ0n) is 9.81. The summed E-state index contributed by atoms with van der Waals surface area (Å²) in [5.41, 5.74) is 0.383. The molecule has 1 aromatic rings. The minimum Gasteiger partial charge on any atom is -0.386 e. The Morgan fingerprint density at radius 2 is 2.56 bits per heavy atom. The van der Waals surface area contributed by atoms with E-state index in [1.54, 1.807) is 6.20 Å². The van der Waals surface area contributed by atoms with E-state index in [1.165, 1.54) is 0 Å². The van der Waals surface area contributed by atoms with Crippen LogP contribution in [0.1, 0.15) is 19.0 Å². The minimum atomic E-state index is -0.724. The topological polar surface area (TPSA) is 59.3 Å². The molecule has 2 unspecified atom stereocenters. The van der Waals surface area contributed by atoms with E-state index in [9.17, 15) is 5.11 Å². The first kappa shape index (κ1) is 11.6. The van der Waals surface area contributed by atoms with E-state index in [4.69, 9.17) is 4.74 Å². The number of hydrogen-bond acceptors (Lipinski definition) is 4. The second kappa shape index (κ2) is 4.53. The van der Waals surface area contributed by atoms with Gasteiger partial charge in [-0.25, -0.2) is 0 Å². The third-order valence-corrected chi connectivity index (χ3v) is 3.32. The Balaban J connectivity index is 1.82. The zero-order valence-corrected chi connectivity index (χ0v) is 9.81. The molecule has 1 aliphatic heterocycles. The Morgan fingerprint density at radius 3 is 3.12 bits per heavy atom. The van der Waals surface area contributed by atoms with Gasteiger partial charge in [-0.3, -0.25) is 4.68 Å². The van der Waals surface area contributed by atoms with Gasteiger partial charge in [-0.15, -0.1) is 0 Å². The number of ether oxygens (including phenoxy) is 1. The van der Waals surface area contributed by atoms with Crippen molar-refractivity contribution in [2.24, 2.45) is 7.05 Å². The summed E-state index contributed by atoms with van der Waals surface area (Å²) in [7, 11) is 1.91. The molecule has 2 atom stereocenters. The van der Waals surface area contributed by atoms with E-state index < -0.39 is 5.60 Å². The number of aryl methyl sites for hydroxylation is 1. The molecule has 2 heterocycles. The van der Waals surface area contributed by atoms with Gasteiger partial charge in [0.05, 0.1) is 11.8 Å². The van der Waals surface area contributed by atoms with Crippen LogP contribution in [0.15, 0.2) is 12.3 Å². The number of hydrogen-bond donors (Lipinski definition) is 2. The average molecular weight is 225 g/mol. The fraction of sp³-hybridized carbons (Fsp3) is 0.727. The van der Waals surface area contributed by atoms with Crippen LogP contribution in [0, 0.1) is 0 Å². The molecule has 0 aromatic carbocycles. The molecule has 0 spiro atoms. The highest BCUT2D eigenvalue weighted by molar-refractivity contribution is 5.00.